The zero-order chi connectivity index (χ0) is 19.7. The van der Waals surface area contributed by atoms with E-state index in [1.165, 1.54) is 12.1 Å². The predicted octanol–water partition coefficient (Wildman–Crippen LogP) is 5.61. The minimum atomic E-state index is -0.469. The fourth-order valence-electron chi connectivity index (χ4n) is 2.83. The Hall–Kier alpha value is -3.25. The summed E-state index contributed by atoms with van der Waals surface area (Å²) >= 11 is 3.32. The van der Waals surface area contributed by atoms with E-state index in [0.717, 1.165) is 4.47 Å². The number of hydrogen-bond acceptors (Lipinski definition) is 3. The van der Waals surface area contributed by atoms with Crippen molar-refractivity contribution in [1.29, 1.82) is 0 Å². The van der Waals surface area contributed by atoms with Gasteiger partial charge in [-0.1, -0.05) is 28.1 Å². The Labute approximate surface area is 167 Å². The van der Waals surface area contributed by atoms with Crippen molar-refractivity contribution in [2.45, 2.75) is 0 Å². The number of fused-ring (bicyclic) bond motifs is 1. The van der Waals surface area contributed by atoms with Crippen LogP contribution in [0.15, 0.2) is 86.5 Å². The molecule has 6 heteroatoms. The maximum Gasteiger partial charge on any atom is 0.255 e. The molecular weight excluding hydrogens is 425 g/mol. The number of rotatable bonds is 3. The smallest absolute Gasteiger partial charge is 0.255 e. The van der Waals surface area contributed by atoms with Crippen LogP contribution in [0.3, 0.4) is 0 Å². The van der Waals surface area contributed by atoms with Gasteiger partial charge in [-0.05, 0) is 54.6 Å². The minimum Gasteiger partial charge on any atom is -0.456 e. The number of benzene rings is 3. The van der Waals surface area contributed by atoms with Crippen LogP contribution in [0.2, 0.25) is 0 Å². The first-order valence-corrected chi connectivity index (χ1v) is 9.20. The summed E-state index contributed by atoms with van der Waals surface area (Å²) in [6.07, 6.45) is 0. The van der Waals surface area contributed by atoms with E-state index < -0.39 is 5.82 Å². The van der Waals surface area contributed by atoms with E-state index in [4.69, 9.17) is 4.42 Å². The Morgan fingerprint density at radius 3 is 2.46 bits per heavy atom. The number of anilines is 1. The van der Waals surface area contributed by atoms with Crippen LogP contribution in [0.5, 0.6) is 0 Å². The van der Waals surface area contributed by atoms with Crippen molar-refractivity contribution in [2.75, 3.05) is 5.32 Å². The van der Waals surface area contributed by atoms with Gasteiger partial charge in [-0.2, -0.15) is 0 Å². The van der Waals surface area contributed by atoms with Crippen LogP contribution in [-0.4, -0.2) is 5.91 Å². The van der Waals surface area contributed by atoms with Crippen molar-refractivity contribution < 1.29 is 13.6 Å². The van der Waals surface area contributed by atoms with Gasteiger partial charge in [0, 0.05) is 21.8 Å². The van der Waals surface area contributed by atoms with Gasteiger partial charge in [0.25, 0.3) is 5.91 Å². The number of halogens is 2. The van der Waals surface area contributed by atoms with Crippen LogP contribution < -0.4 is 10.7 Å². The summed E-state index contributed by atoms with van der Waals surface area (Å²) < 4.78 is 20.6. The Kier molecular flexibility index (Phi) is 4.79. The van der Waals surface area contributed by atoms with Crippen molar-refractivity contribution in [3.05, 3.63) is 98.9 Å². The highest BCUT2D eigenvalue weighted by atomic mass is 79.9. The van der Waals surface area contributed by atoms with Gasteiger partial charge >= 0.3 is 0 Å². The van der Waals surface area contributed by atoms with Crippen LogP contribution in [0.25, 0.3) is 22.3 Å². The lowest BCUT2D eigenvalue weighted by molar-refractivity contribution is 0.102. The van der Waals surface area contributed by atoms with Gasteiger partial charge in [0.2, 0.25) is 0 Å². The highest BCUT2D eigenvalue weighted by Gasteiger charge is 2.12. The van der Waals surface area contributed by atoms with Crippen molar-refractivity contribution in [3.8, 4) is 11.3 Å². The topological polar surface area (TPSA) is 59.3 Å². The average molecular weight is 438 g/mol. The molecule has 0 bridgehead atoms. The summed E-state index contributed by atoms with van der Waals surface area (Å²) in [5.41, 5.74) is 1.16. The van der Waals surface area contributed by atoms with E-state index >= 15 is 0 Å². The van der Waals surface area contributed by atoms with Crippen LogP contribution in [0.4, 0.5) is 10.1 Å². The Morgan fingerprint density at radius 1 is 0.964 bits per heavy atom. The van der Waals surface area contributed by atoms with Crippen LogP contribution >= 0.6 is 15.9 Å². The summed E-state index contributed by atoms with van der Waals surface area (Å²) in [4.78, 5) is 24.9. The lowest BCUT2D eigenvalue weighted by Gasteiger charge is -2.08. The summed E-state index contributed by atoms with van der Waals surface area (Å²) in [7, 11) is 0. The second-order valence-corrected chi connectivity index (χ2v) is 7.04. The number of hydrogen-bond donors (Lipinski definition) is 1. The fraction of sp³-hybridized carbons (Fsp3) is 0. The molecule has 0 fully saturated rings. The first-order valence-electron chi connectivity index (χ1n) is 8.41. The molecule has 0 atom stereocenters. The molecule has 0 saturated heterocycles. The third-order valence-corrected chi connectivity index (χ3v) is 4.76. The minimum absolute atomic E-state index is 0.155. The van der Waals surface area contributed by atoms with Gasteiger partial charge in [-0.3, -0.25) is 9.59 Å². The lowest BCUT2D eigenvalue weighted by Crippen LogP contribution is -2.12. The molecule has 4 aromatic rings. The molecule has 138 valence electrons. The molecule has 0 spiro atoms. The molecule has 0 unspecified atom stereocenters. The summed E-state index contributed by atoms with van der Waals surface area (Å²) in [6, 6.07) is 19.0. The van der Waals surface area contributed by atoms with E-state index in [2.05, 4.69) is 21.2 Å². The average Bonchev–Trinajstić information content (AvgIpc) is 2.69. The summed E-state index contributed by atoms with van der Waals surface area (Å²) in [5, 5.41) is 3.06. The van der Waals surface area contributed by atoms with Crippen molar-refractivity contribution >= 4 is 38.5 Å². The Balaban J connectivity index is 1.68. The van der Waals surface area contributed by atoms with E-state index in [1.807, 2.05) is 0 Å². The van der Waals surface area contributed by atoms with Crippen LogP contribution in [0.1, 0.15) is 10.4 Å². The van der Waals surface area contributed by atoms with E-state index in [1.54, 1.807) is 60.7 Å². The van der Waals surface area contributed by atoms with Gasteiger partial charge in [-0.25, -0.2) is 4.39 Å². The summed E-state index contributed by atoms with van der Waals surface area (Å²) in [5.74, 6) is -0.607. The number of amides is 1. The zero-order valence-corrected chi connectivity index (χ0v) is 16.0. The molecule has 3 aromatic carbocycles. The first kappa shape index (κ1) is 18.1. The van der Waals surface area contributed by atoms with Gasteiger partial charge in [0.1, 0.15) is 17.2 Å². The quantitative estimate of drug-likeness (QED) is 0.452. The SMILES string of the molecule is O=C(Nc1ccc2oc(-c3ccccc3F)cc(=O)c2c1)c1ccc(Br)cc1. The van der Waals surface area contributed by atoms with E-state index in [0.29, 0.717) is 22.2 Å². The molecule has 1 aromatic heterocycles. The highest BCUT2D eigenvalue weighted by molar-refractivity contribution is 9.10. The highest BCUT2D eigenvalue weighted by Crippen LogP contribution is 2.26. The van der Waals surface area contributed by atoms with Gasteiger partial charge in [0.05, 0.1) is 10.9 Å². The zero-order valence-electron chi connectivity index (χ0n) is 14.4. The van der Waals surface area contributed by atoms with E-state index in [-0.39, 0.29) is 22.7 Å². The normalized spacial score (nSPS) is 10.8. The molecule has 4 rings (SSSR count). The second-order valence-electron chi connectivity index (χ2n) is 6.13. The standard InChI is InChI=1S/C22H13BrFNO3/c23-14-7-5-13(6-8-14)22(27)25-15-9-10-20-17(11-15)19(26)12-21(28-20)16-3-1-2-4-18(16)24/h1-12H,(H,25,27). The monoisotopic (exact) mass is 437 g/mol. The lowest BCUT2D eigenvalue weighted by atomic mass is 10.1. The maximum absolute atomic E-state index is 14.0. The Morgan fingerprint density at radius 2 is 1.71 bits per heavy atom. The summed E-state index contributed by atoms with van der Waals surface area (Å²) in [6.45, 7) is 0. The van der Waals surface area contributed by atoms with Crippen molar-refractivity contribution in [2.24, 2.45) is 0 Å². The van der Waals surface area contributed by atoms with Gasteiger partial charge < -0.3 is 9.73 Å². The predicted molar refractivity (Wildman–Crippen MR) is 110 cm³/mol. The molecule has 0 saturated carbocycles. The molecule has 0 aliphatic carbocycles. The van der Waals surface area contributed by atoms with Crippen LogP contribution in [0, 0.1) is 5.82 Å². The Bertz CT molecular complexity index is 1250. The molecule has 1 N–H and O–H groups in total. The van der Waals surface area contributed by atoms with Crippen molar-refractivity contribution in [1.82, 2.24) is 0 Å². The van der Waals surface area contributed by atoms with Gasteiger partial charge in [0.15, 0.2) is 5.43 Å². The number of nitrogens with one attached hydrogen (secondary N) is 1. The van der Waals surface area contributed by atoms with E-state index in [9.17, 15) is 14.0 Å². The number of carbonyl (C=O) groups is 1. The first-order chi connectivity index (χ1) is 13.5. The molecule has 1 amide bonds. The molecule has 4 nitrogen and oxygen atoms in total. The molecular formula is C22H13BrFNO3. The van der Waals surface area contributed by atoms with Gasteiger partial charge in [-0.15, -0.1) is 0 Å². The maximum atomic E-state index is 14.0. The third-order valence-electron chi connectivity index (χ3n) is 4.23. The molecule has 1 heterocycles. The third kappa shape index (κ3) is 3.59. The number of carbonyl (C=O) groups excluding carboxylic acids is 1. The fourth-order valence-corrected chi connectivity index (χ4v) is 3.10. The molecule has 0 aliphatic rings. The largest absolute Gasteiger partial charge is 0.456 e. The van der Waals surface area contributed by atoms with Crippen molar-refractivity contribution in [3.63, 3.8) is 0 Å². The molecule has 28 heavy (non-hydrogen) atoms. The second kappa shape index (κ2) is 7.40. The molecule has 0 radical (unpaired) electrons. The van der Waals surface area contributed by atoms with Crippen LogP contribution in [-0.2, 0) is 0 Å². The molecule has 0 aliphatic heterocycles.